The number of aryl methyl sites for hydroxylation is 1. The third kappa shape index (κ3) is 4.18. The van der Waals surface area contributed by atoms with Crippen LogP contribution in [-0.4, -0.2) is 31.2 Å². The monoisotopic (exact) mass is 395 g/mol. The number of esters is 1. The summed E-state index contributed by atoms with van der Waals surface area (Å²) >= 11 is 0. The second kappa shape index (κ2) is 7.87. The Morgan fingerprint density at radius 1 is 1.10 bits per heavy atom. The van der Waals surface area contributed by atoms with Crippen LogP contribution in [-0.2, 0) is 20.7 Å². The topological polar surface area (TPSA) is 87.0 Å². The van der Waals surface area contributed by atoms with Crippen LogP contribution in [0.3, 0.4) is 0 Å². The second-order valence-electron chi connectivity index (χ2n) is 6.92. The highest BCUT2D eigenvalue weighted by Crippen LogP contribution is 2.32. The van der Waals surface area contributed by atoms with Crippen molar-refractivity contribution in [3.8, 4) is 11.5 Å². The molecule has 2 heterocycles. The zero-order valence-electron chi connectivity index (χ0n) is 16.2. The summed E-state index contributed by atoms with van der Waals surface area (Å²) < 4.78 is 21.7. The Balaban J connectivity index is 1.36. The van der Waals surface area contributed by atoms with E-state index in [1.54, 1.807) is 24.5 Å². The average molecular weight is 395 g/mol. The van der Waals surface area contributed by atoms with E-state index in [2.05, 4.69) is 5.32 Å². The Morgan fingerprint density at radius 2 is 1.90 bits per heavy atom. The largest absolute Gasteiger partial charge is 0.486 e. The molecule has 4 rings (SSSR count). The zero-order chi connectivity index (χ0) is 20.4. The van der Waals surface area contributed by atoms with Crippen molar-refractivity contribution in [2.24, 2.45) is 0 Å². The Morgan fingerprint density at radius 3 is 2.72 bits per heavy atom. The SMILES string of the molecule is Cc1ccc2c(CC(=O)O[C@H](C)C(=O)Nc3ccc4c(c3)OCCO4)coc2c1. The molecule has 0 spiro atoms. The fraction of sp³-hybridized carbons (Fsp3) is 0.273. The molecule has 7 nitrogen and oxygen atoms in total. The maximum atomic E-state index is 12.4. The molecule has 1 N–H and O–H groups in total. The second-order valence-corrected chi connectivity index (χ2v) is 6.92. The number of ether oxygens (including phenoxy) is 3. The molecule has 0 saturated carbocycles. The number of fused-ring (bicyclic) bond motifs is 2. The van der Waals surface area contributed by atoms with Gasteiger partial charge in [0.2, 0.25) is 0 Å². The van der Waals surface area contributed by atoms with Crippen LogP contribution in [0, 0.1) is 6.92 Å². The van der Waals surface area contributed by atoms with Crippen molar-refractivity contribution in [2.45, 2.75) is 26.4 Å². The van der Waals surface area contributed by atoms with E-state index in [1.165, 1.54) is 6.92 Å². The molecule has 3 aromatic rings. The van der Waals surface area contributed by atoms with Gasteiger partial charge in [-0.3, -0.25) is 9.59 Å². The smallest absolute Gasteiger partial charge is 0.311 e. The lowest BCUT2D eigenvalue weighted by Gasteiger charge is -2.19. The lowest BCUT2D eigenvalue weighted by Crippen LogP contribution is -2.30. The van der Waals surface area contributed by atoms with Gasteiger partial charge in [-0.2, -0.15) is 0 Å². The summed E-state index contributed by atoms with van der Waals surface area (Å²) in [6, 6.07) is 10.9. The van der Waals surface area contributed by atoms with Crippen molar-refractivity contribution in [3.63, 3.8) is 0 Å². The van der Waals surface area contributed by atoms with Crippen molar-refractivity contribution in [1.82, 2.24) is 0 Å². The van der Waals surface area contributed by atoms with Crippen molar-refractivity contribution in [3.05, 3.63) is 53.8 Å². The van der Waals surface area contributed by atoms with E-state index in [-0.39, 0.29) is 6.42 Å². The molecule has 2 aromatic carbocycles. The number of hydrogen-bond donors (Lipinski definition) is 1. The first kappa shape index (κ1) is 18.9. The van der Waals surface area contributed by atoms with Crippen LogP contribution in [0.25, 0.3) is 11.0 Å². The van der Waals surface area contributed by atoms with Gasteiger partial charge in [-0.1, -0.05) is 12.1 Å². The number of benzene rings is 2. The lowest BCUT2D eigenvalue weighted by atomic mass is 10.1. The summed E-state index contributed by atoms with van der Waals surface area (Å²) in [5.74, 6) is 0.276. The molecule has 0 unspecified atom stereocenters. The highest BCUT2D eigenvalue weighted by Gasteiger charge is 2.20. The van der Waals surface area contributed by atoms with E-state index in [1.807, 2.05) is 25.1 Å². The van der Waals surface area contributed by atoms with Gasteiger partial charge in [0.1, 0.15) is 18.8 Å². The van der Waals surface area contributed by atoms with E-state index in [0.29, 0.717) is 30.4 Å². The van der Waals surface area contributed by atoms with Crippen molar-refractivity contribution < 1.29 is 28.2 Å². The highest BCUT2D eigenvalue weighted by atomic mass is 16.6. The Labute approximate surface area is 167 Å². The van der Waals surface area contributed by atoms with E-state index in [4.69, 9.17) is 18.6 Å². The zero-order valence-corrected chi connectivity index (χ0v) is 16.2. The highest BCUT2D eigenvalue weighted by molar-refractivity contribution is 5.95. The maximum Gasteiger partial charge on any atom is 0.311 e. The third-order valence-corrected chi connectivity index (χ3v) is 4.63. The maximum absolute atomic E-state index is 12.4. The molecular formula is C22H21NO6. The molecule has 0 aliphatic carbocycles. The fourth-order valence-electron chi connectivity index (χ4n) is 3.14. The van der Waals surface area contributed by atoms with Crippen LogP contribution in [0.1, 0.15) is 18.1 Å². The summed E-state index contributed by atoms with van der Waals surface area (Å²) in [4.78, 5) is 24.7. The number of amides is 1. The van der Waals surface area contributed by atoms with Crippen LogP contribution in [0.4, 0.5) is 5.69 Å². The number of furan rings is 1. The van der Waals surface area contributed by atoms with Gasteiger partial charge in [-0.05, 0) is 37.6 Å². The standard InChI is InChI=1S/C22H21NO6/c1-13-3-5-17-15(12-28-19(17)9-13)10-21(24)29-14(2)22(25)23-16-4-6-18-20(11-16)27-8-7-26-18/h3-6,9,11-12,14H,7-8,10H2,1-2H3,(H,23,25)/t14-/m1/s1. The number of hydrogen-bond acceptors (Lipinski definition) is 6. The molecule has 0 radical (unpaired) electrons. The van der Waals surface area contributed by atoms with E-state index in [0.717, 1.165) is 22.1 Å². The molecule has 7 heteroatoms. The van der Waals surface area contributed by atoms with Crippen LogP contribution in [0.5, 0.6) is 11.5 Å². The first-order valence-electron chi connectivity index (χ1n) is 9.36. The number of carbonyl (C=O) groups excluding carboxylic acids is 2. The molecule has 0 saturated heterocycles. The molecule has 0 fully saturated rings. The summed E-state index contributed by atoms with van der Waals surface area (Å²) in [6.45, 7) is 4.46. The molecule has 1 aliphatic heterocycles. The van der Waals surface area contributed by atoms with Gasteiger partial charge in [-0.25, -0.2) is 0 Å². The van der Waals surface area contributed by atoms with Crippen LogP contribution < -0.4 is 14.8 Å². The fourth-order valence-corrected chi connectivity index (χ4v) is 3.14. The summed E-state index contributed by atoms with van der Waals surface area (Å²) in [5, 5.41) is 3.58. The van der Waals surface area contributed by atoms with Gasteiger partial charge in [0.15, 0.2) is 17.6 Å². The minimum absolute atomic E-state index is 0.0255. The van der Waals surface area contributed by atoms with Crippen LogP contribution in [0.2, 0.25) is 0 Å². The van der Waals surface area contributed by atoms with Gasteiger partial charge in [-0.15, -0.1) is 0 Å². The Bertz CT molecular complexity index is 1070. The Hall–Kier alpha value is -3.48. The van der Waals surface area contributed by atoms with Crippen LogP contribution >= 0.6 is 0 Å². The van der Waals surface area contributed by atoms with E-state index in [9.17, 15) is 9.59 Å². The Kier molecular flexibility index (Phi) is 5.12. The van der Waals surface area contributed by atoms with Crippen molar-refractivity contribution in [2.75, 3.05) is 18.5 Å². The van der Waals surface area contributed by atoms with Crippen molar-refractivity contribution >= 4 is 28.5 Å². The number of anilines is 1. The summed E-state index contributed by atoms with van der Waals surface area (Å²) in [6.07, 6.45) is 0.624. The average Bonchev–Trinajstić information content (AvgIpc) is 3.09. The first-order chi connectivity index (χ1) is 14.0. The number of rotatable bonds is 5. The molecule has 1 atom stereocenters. The molecule has 1 aliphatic rings. The lowest BCUT2D eigenvalue weighted by molar-refractivity contribution is -0.152. The predicted octanol–water partition coefficient (Wildman–Crippen LogP) is 3.63. The molecule has 0 bridgehead atoms. The molecule has 1 aromatic heterocycles. The molecule has 1 amide bonds. The summed E-state index contributed by atoms with van der Waals surface area (Å²) in [7, 11) is 0. The quantitative estimate of drug-likeness (QED) is 0.664. The third-order valence-electron chi connectivity index (χ3n) is 4.63. The number of nitrogens with one attached hydrogen (secondary N) is 1. The normalized spacial score (nSPS) is 13.7. The van der Waals surface area contributed by atoms with Gasteiger partial charge in [0, 0.05) is 22.7 Å². The van der Waals surface area contributed by atoms with E-state index < -0.39 is 18.0 Å². The van der Waals surface area contributed by atoms with Crippen molar-refractivity contribution in [1.29, 1.82) is 0 Å². The molecule has 29 heavy (non-hydrogen) atoms. The summed E-state index contributed by atoms with van der Waals surface area (Å²) in [5.41, 5.74) is 3.06. The van der Waals surface area contributed by atoms with Gasteiger partial charge >= 0.3 is 5.97 Å². The minimum atomic E-state index is -0.948. The first-order valence-corrected chi connectivity index (χ1v) is 9.36. The molecular weight excluding hydrogens is 374 g/mol. The number of carbonyl (C=O) groups is 2. The minimum Gasteiger partial charge on any atom is -0.486 e. The van der Waals surface area contributed by atoms with Gasteiger partial charge < -0.3 is 23.9 Å². The van der Waals surface area contributed by atoms with Crippen LogP contribution in [0.15, 0.2) is 47.1 Å². The predicted molar refractivity (Wildman–Crippen MR) is 106 cm³/mol. The molecule has 150 valence electrons. The van der Waals surface area contributed by atoms with Gasteiger partial charge in [0.25, 0.3) is 5.91 Å². The van der Waals surface area contributed by atoms with E-state index >= 15 is 0 Å². The van der Waals surface area contributed by atoms with Gasteiger partial charge in [0.05, 0.1) is 12.7 Å².